The highest BCUT2D eigenvalue weighted by molar-refractivity contribution is 5.81. The number of aromatic nitrogens is 2. The Kier molecular flexibility index (Phi) is 5.89. The molecule has 0 spiro atoms. The van der Waals surface area contributed by atoms with Gasteiger partial charge in [0.05, 0.1) is 18.9 Å². The van der Waals surface area contributed by atoms with E-state index in [0.717, 1.165) is 49.6 Å². The highest BCUT2D eigenvalue weighted by atomic mass is 19.1. The lowest BCUT2D eigenvalue weighted by molar-refractivity contribution is -0.128. The van der Waals surface area contributed by atoms with Gasteiger partial charge >= 0.3 is 0 Å². The molecule has 1 atom stereocenters. The zero-order chi connectivity index (χ0) is 20.2. The molecule has 1 N–H and O–H groups in total. The zero-order valence-electron chi connectivity index (χ0n) is 16.4. The Morgan fingerprint density at radius 2 is 2.21 bits per heavy atom. The summed E-state index contributed by atoms with van der Waals surface area (Å²) in [7, 11) is 0. The number of ether oxygens (including phenoxy) is 2. The molecule has 2 aromatic rings. The van der Waals surface area contributed by atoms with Crippen LogP contribution in [0.2, 0.25) is 0 Å². The monoisotopic (exact) mass is 400 g/mol. The van der Waals surface area contributed by atoms with Gasteiger partial charge in [-0.2, -0.15) is 0 Å². The molecule has 1 aromatic carbocycles. The van der Waals surface area contributed by atoms with Crippen molar-refractivity contribution in [3.63, 3.8) is 0 Å². The summed E-state index contributed by atoms with van der Waals surface area (Å²) in [6.07, 6.45) is 3.60. The molecule has 0 saturated carbocycles. The first kappa shape index (κ1) is 19.6. The number of piperidine rings is 1. The molecule has 7 nitrogen and oxygen atoms in total. The maximum absolute atomic E-state index is 13.3. The molecule has 0 unspecified atom stereocenters. The third-order valence-electron chi connectivity index (χ3n) is 5.28. The summed E-state index contributed by atoms with van der Waals surface area (Å²) in [5, 5.41) is 3.03. The summed E-state index contributed by atoms with van der Waals surface area (Å²) >= 11 is 0. The number of halogens is 1. The quantitative estimate of drug-likeness (QED) is 0.830. The lowest BCUT2D eigenvalue weighted by Gasteiger charge is -2.33. The number of anilines is 1. The Morgan fingerprint density at radius 3 is 3.00 bits per heavy atom. The maximum atomic E-state index is 13.3. The first-order chi connectivity index (χ1) is 14.1. The third kappa shape index (κ3) is 4.82. The summed E-state index contributed by atoms with van der Waals surface area (Å²) in [6.45, 7) is 4.51. The van der Waals surface area contributed by atoms with E-state index in [1.165, 1.54) is 12.1 Å². The summed E-state index contributed by atoms with van der Waals surface area (Å²) in [5.41, 5.74) is 2.13. The summed E-state index contributed by atoms with van der Waals surface area (Å²) in [5.74, 6) is 0.507. The number of benzene rings is 1. The first-order valence-electron chi connectivity index (χ1n) is 9.98. The normalized spacial score (nSPS) is 18.1. The van der Waals surface area contributed by atoms with Gasteiger partial charge in [0.1, 0.15) is 11.6 Å². The molecule has 2 aliphatic rings. The standard InChI is InChI=1S/C21H25FN4O3/c1-14(29-18-4-2-3-16(22)11-18)20(27)24-17-5-8-26(9-6-17)21-23-12-15-13-28-10-7-19(15)25-21/h2-4,11-12,14,17H,5-10,13H2,1H3,(H,24,27)/t14-/m0/s1. The Balaban J connectivity index is 1.27. The maximum Gasteiger partial charge on any atom is 0.260 e. The van der Waals surface area contributed by atoms with Crippen LogP contribution in [0.15, 0.2) is 30.5 Å². The van der Waals surface area contributed by atoms with Crippen LogP contribution in [0, 0.1) is 5.82 Å². The number of rotatable bonds is 5. The second-order valence-electron chi connectivity index (χ2n) is 7.43. The van der Waals surface area contributed by atoms with Gasteiger partial charge in [0.15, 0.2) is 6.10 Å². The Bertz CT molecular complexity index is 871. The number of carbonyl (C=O) groups excluding carboxylic acids is 1. The highest BCUT2D eigenvalue weighted by Gasteiger charge is 2.25. The van der Waals surface area contributed by atoms with Crippen molar-refractivity contribution in [2.75, 3.05) is 24.6 Å². The van der Waals surface area contributed by atoms with E-state index in [2.05, 4.69) is 15.2 Å². The number of nitrogens with one attached hydrogen (secondary N) is 1. The van der Waals surface area contributed by atoms with Gasteiger partial charge in [-0.05, 0) is 31.9 Å². The van der Waals surface area contributed by atoms with E-state index in [-0.39, 0.29) is 17.8 Å². The minimum atomic E-state index is -0.693. The largest absolute Gasteiger partial charge is 0.481 e. The highest BCUT2D eigenvalue weighted by Crippen LogP contribution is 2.21. The summed E-state index contributed by atoms with van der Waals surface area (Å²) < 4.78 is 24.2. The fourth-order valence-electron chi connectivity index (χ4n) is 3.61. The molecule has 0 bridgehead atoms. The van der Waals surface area contributed by atoms with Crippen LogP contribution < -0.4 is 15.0 Å². The van der Waals surface area contributed by atoms with E-state index >= 15 is 0 Å². The number of nitrogens with zero attached hydrogens (tertiary/aromatic N) is 3. The molecule has 0 aliphatic carbocycles. The predicted octanol–water partition coefficient (Wildman–Crippen LogP) is 2.24. The van der Waals surface area contributed by atoms with Gasteiger partial charge < -0.3 is 19.7 Å². The molecule has 154 valence electrons. The lowest BCUT2D eigenvalue weighted by atomic mass is 10.0. The van der Waals surface area contributed by atoms with Crippen LogP contribution in [0.5, 0.6) is 5.75 Å². The lowest BCUT2D eigenvalue weighted by Crippen LogP contribution is -2.48. The van der Waals surface area contributed by atoms with Crippen molar-refractivity contribution in [2.45, 2.75) is 44.9 Å². The molecule has 2 aliphatic heterocycles. The smallest absolute Gasteiger partial charge is 0.260 e. The van der Waals surface area contributed by atoms with Gasteiger partial charge in [0.2, 0.25) is 5.95 Å². The van der Waals surface area contributed by atoms with Crippen molar-refractivity contribution >= 4 is 11.9 Å². The van der Waals surface area contributed by atoms with Crippen molar-refractivity contribution in [2.24, 2.45) is 0 Å². The minimum Gasteiger partial charge on any atom is -0.481 e. The average Bonchev–Trinajstić information content (AvgIpc) is 2.74. The van der Waals surface area contributed by atoms with Crippen molar-refractivity contribution in [1.29, 1.82) is 0 Å². The average molecular weight is 400 g/mol. The first-order valence-corrected chi connectivity index (χ1v) is 9.98. The Labute approximate surface area is 169 Å². The van der Waals surface area contributed by atoms with Crippen LogP contribution in [0.25, 0.3) is 0 Å². The summed E-state index contributed by atoms with van der Waals surface area (Å²) in [6, 6.07) is 5.87. The third-order valence-corrected chi connectivity index (χ3v) is 5.28. The van der Waals surface area contributed by atoms with Crippen LogP contribution in [0.3, 0.4) is 0 Å². The van der Waals surface area contributed by atoms with Crippen LogP contribution in [-0.2, 0) is 22.6 Å². The van der Waals surface area contributed by atoms with Gasteiger partial charge in [0.25, 0.3) is 5.91 Å². The Hall–Kier alpha value is -2.74. The van der Waals surface area contributed by atoms with Crippen molar-refractivity contribution in [1.82, 2.24) is 15.3 Å². The Morgan fingerprint density at radius 1 is 1.38 bits per heavy atom. The van der Waals surface area contributed by atoms with Crippen LogP contribution in [-0.4, -0.2) is 47.7 Å². The van der Waals surface area contributed by atoms with Crippen molar-refractivity contribution in [3.05, 3.63) is 47.5 Å². The number of fused-ring (bicyclic) bond motifs is 1. The number of hydrogen-bond donors (Lipinski definition) is 1. The fraction of sp³-hybridized carbons (Fsp3) is 0.476. The zero-order valence-corrected chi connectivity index (χ0v) is 16.4. The van der Waals surface area contributed by atoms with E-state index < -0.39 is 6.10 Å². The van der Waals surface area contributed by atoms with E-state index in [1.807, 2.05) is 6.20 Å². The van der Waals surface area contributed by atoms with E-state index in [1.54, 1.807) is 19.1 Å². The molecule has 3 heterocycles. The van der Waals surface area contributed by atoms with Crippen molar-refractivity contribution in [3.8, 4) is 5.75 Å². The van der Waals surface area contributed by atoms with Crippen LogP contribution in [0.4, 0.5) is 10.3 Å². The molecule has 8 heteroatoms. The second-order valence-corrected chi connectivity index (χ2v) is 7.43. The predicted molar refractivity (Wildman–Crippen MR) is 105 cm³/mol. The van der Waals surface area contributed by atoms with Gasteiger partial charge in [0, 0.05) is 43.4 Å². The van der Waals surface area contributed by atoms with Crippen molar-refractivity contribution < 1.29 is 18.7 Å². The van der Waals surface area contributed by atoms with Crippen LogP contribution >= 0.6 is 0 Å². The molecule has 1 amide bonds. The number of hydrogen-bond acceptors (Lipinski definition) is 6. The van der Waals surface area contributed by atoms with E-state index in [0.29, 0.717) is 19.0 Å². The topological polar surface area (TPSA) is 76.6 Å². The molecule has 29 heavy (non-hydrogen) atoms. The molecule has 1 fully saturated rings. The van der Waals surface area contributed by atoms with Crippen LogP contribution in [0.1, 0.15) is 31.0 Å². The SMILES string of the molecule is C[C@H](Oc1cccc(F)c1)C(=O)NC1CCN(c2ncc3c(n2)CCOC3)CC1. The van der Waals surface area contributed by atoms with Gasteiger partial charge in [-0.25, -0.2) is 14.4 Å². The van der Waals surface area contributed by atoms with Gasteiger partial charge in [-0.15, -0.1) is 0 Å². The fourth-order valence-corrected chi connectivity index (χ4v) is 3.61. The van der Waals surface area contributed by atoms with Gasteiger partial charge in [-0.3, -0.25) is 4.79 Å². The molecular weight excluding hydrogens is 375 g/mol. The molecule has 1 aromatic heterocycles. The molecule has 1 saturated heterocycles. The molecular formula is C21H25FN4O3. The van der Waals surface area contributed by atoms with E-state index in [4.69, 9.17) is 14.5 Å². The van der Waals surface area contributed by atoms with Gasteiger partial charge in [-0.1, -0.05) is 6.07 Å². The summed E-state index contributed by atoms with van der Waals surface area (Å²) in [4.78, 5) is 23.8. The van der Waals surface area contributed by atoms with E-state index in [9.17, 15) is 9.18 Å². The number of amides is 1. The minimum absolute atomic E-state index is 0.0725. The number of carbonyl (C=O) groups is 1. The second kappa shape index (κ2) is 8.73. The molecule has 4 rings (SSSR count). The molecule has 0 radical (unpaired) electrons.